The number of benzene rings is 2. The highest BCUT2D eigenvalue weighted by Gasteiger charge is 2.17. The van der Waals surface area contributed by atoms with Gasteiger partial charge in [-0.15, -0.1) is 0 Å². The minimum Gasteiger partial charge on any atom is -0.382 e. The van der Waals surface area contributed by atoms with Crippen LogP contribution in [0.2, 0.25) is 0 Å². The fourth-order valence-corrected chi connectivity index (χ4v) is 2.58. The van der Waals surface area contributed by atoms with Crippen molar-refractivity contribution in [2.45, 2.75) is 6.10 Å². The second-order valence-electron chi connectivity index (χ2n) is 4.56. The Morgan fingerprint density at radius 3 is 2.62 bits per heavy atom. The van der Waals surface area contributed by atoms with E-state index in [-0.39, 0.29) is 10.0 Å². The zero-order valence-electron chi connectivity index (χ0n) is 10.7. The predicted molar refractivity (Wildman–Crippen MR) is 80.5 cm³/mol. The monoisotopic (exact) mass is 348 g/mol. The van der Waals surface area contributed by atoms with Gasteiger partial charge in [0.25, 0.3) is 5.56 Å². The van der Waals surface area contributed by atoms with Gasteiger partial charge in [-0.3, -0.25) is 4.79 Å². The molecule has 0 aliphatic rings. The molecular formula is C15H10BrFN2O2. The lowest BCUT2D eigenvalue weighted by atomic mass is 10.0. The molecule has 2 aromatic carbocycles. The molecule has 2 N–H and O–H groups in total. The average molecular weight is 349 g/mol. The molecule has 0 fully saturated rings. The summed E-state index contributed by atoms with van der Waals surface area (Å²) in [5.41, 5.74) is 0.485. The molecule has 0 aliphatic heterocycles. The first-order valence-electron chi connectivity index (χ1n) is 6.18. The number of fused-ring (bicyclic) bond motifs is 1. The van der Waals surface area contributed by atoms with Crippen molar-refractivity contribution in [1.82, 2.24) is 10.2 Å². The highest BCUT2D eigenvalue weighted by Crippen LogP contribution is 2.28. The van der Waals surface area contributed by atoms with Crippen LogP contribution in [0.1, 0.15) is 17.4 Å². The first-order chi connectivity index (χ1) is 10.1. The third-order valence-electron chi connectivity index (χ3n) is 3.24. The fraction of sp³-hybridized carbons (Fsp3) is 0.0667. The van der Waals surface area contributed by atoms with E-state index in [4.69, 9.17) is 0 Å². The van der Waals surface area contributed by atoms with E-state index in [9.17, 15) is 14.3 Å². The second kappa shape index (κ2) is 5.38. The summed E-state index contributed by atoms with van der Waals surface area (Å²) in [7, 11) is 0. The maximum Gasteiger partial charge on any atom is 0.272 e. The van der Waals surface area contributed by atoms with Gasteiger partial charge < -0.3 is 5.11 Å². The molecule has 0 amide bonds. The van der Waals surface area contributed by atoms with Crippen molar-refractivity contribution in [3.63, 3.8) is 0 Å². The van der Waals surface area contributed by atoms with Crippen LogP contribution in [-0.2, 0) is 0 Å². The highest BCUT2D eigenvalue weighted by atomic mass is 79.9. The molecule has 3 rings (SSSR count). The normalized spacial score (nSPS) is 12.5. The first kappa shape index (κ1) is 13.9. The molecule has 0 radical (unpaired) electrons. The summed E-state index contributed by atoms with van der Waals surface area (Å²) in [6.45, 7) is 0. The number of nitrogens with one attached hydrogen (secondary N) is 1. The van der Waals surface area contributed by atoms with Gasteiger partial charge in [-0.05, 0) is 39.7 Å². The van der Waals surface area contributed by atoms with Crippen LogP contribution in [0, 0.1) is 5.82 Å². The number of hydrogen-bond donors (Lipinski definition) is 2. The standard InChI is InChI=1S/C15H10BrFN2O2/c16-11-7-8(5-6-12(11)17)14(20)13-9-3-1-2-4-10(9)15(21)19-18-13/h1-7,14,20H,(H,19,21). The second-order valence-corrected chi connectivity index (χ2v) is 5.41. The third kappa shape index (κ3) is 2.48. The van der Waals surface area contributed by atoms with Gasteiger partial charge in [-0.25, -0.2) is 9.49 Å². The minimum atomic E-state index is -1.07. The first-order valence-corrected chi connectivity index (χ1v) is 6.97. The quantitative estimate of drug-likeness (QED) is 0.748. The van der Waals surface area contributed by atoms with Crippen LogP contribution in [0.5, 0.6) is 0 Å². The van der Waals surface area contributed by atoms with E-state index in [1.165, 1.54) is 18.2 Å². The molecule has 1 heterocycles. The van der Waals surface area contributed by atoms with Gasteiger partial charge in [-0.2, -0.15) is 5.10 Å². The number of rotatable bonds is 2. The van der Waals surface area contributed by atoms with Crippen LogP contribution >= 0.6 is 15.9 Å². The largest absolute Gasteiger partial charge is 0.382 e. The van der Waals surface area contributed by atoms with Gasteiger partial charge >= 0.3 is 0 Å². The molecule has 1 unspecified atom stereocenters. The van der Waals surface area contributed by atoms with Crippen LogP contribution in [0.25, 0.3) is 10.8 Å². The number of aromatic nitrogens is 2. The van der Waals surface area contributed by atoms with Crippen LogP contribution in [0.4, 0.5) is 4.39 Å². The molecule has 4 nitrogen and oxygen atoms in total. The molecule has 1 atom stereocenters. The van der Waals surface area contributed by atoms with E-state index in [2.05, 4.69) is 26.1 Å². The number of hydrogen-bond acceptors (Lipinski definition) is 3. The molecule has 0 bridgehead atoms. The van der Waals surface area contributed by atoms with Gasteiger partial charge in [0.1, 0.15) is 17.6 Å². The Balaban J connectivity index is 2.18. The van der Waals surface area contributed by atoms with E-state index in [1.807, 2.05) is 0 Å². The van der Waals surface area contributed by atoms with Crippen LogP contribution < -0.4 is 5.56 Å². The van der Waals surface area contributed by atoms with Gasteiger partial charge in [0.05, 0.1) is 9.86 Å². The lowest BCUT2D eigenvalue weighted by Gasteiger charge is -2.13. The van der Waals surface area contributed by atoms with Crippen molar-refractivity contribution < 1.29 is 9.50 Å². The molecule has 0 saturated carbocycles. The van der Waals surface area contributed by atoms with Gasteiger partial charge in [0.2, 0.25) is 0 Å². The fourth-order valence-electron chi connectivity index (χ4n) is 2.18. The van der Waals surface area contributed by atoms with Crippen LogP contribution in [0.3, 0.4) is 0 Å². The Morgan fingerprint density at radius 2 is 1.90 bits per heavy atom. The molecule has 106 valence electrons. The van der Waals surface area contributed by atoms with E-state index >= 15 is 0 Å². The molecule has 3 aromatic rings. The predicted octanol–water partition coefficient (Wildman–Crippen LogP) is 2.91. The summed E-state index contributed by atoms with van der Waals surface area (Å²) >= 11 is 3.08. The van der Waals surface area contributed by atoms with Crippen molar-refractivity contribution in [3.05, 3.63) is 74.4 Å². The number of aliphatic hydroxyl groups is 1. The molecule has 0 aliphatic carbocycles. The van der Waals surface area contributed by atoms with E-state index in [0.29, 0.717) is 22.0 Å². The van der Waals surface area contributed by atoms with E-state index in [1.54, 1.807) is 24.3 Å². The summed E-state index contributed by atoms with van der Waals surface area (Å²) in [5.74, 6) is -0.412. The average Bonchev–Trinajstić information content (AvgIpc) is 2.50. The Labute approximate surface area is 127 Å². The zero-order chi connectivity index (χ0) is 15.0. The van der Waals surface area contributed by atoms with Crippen LogP contribution in [0.15, 0.2) is 51.7 Å². The van der Waals surface area contributed by atoms with Gasteiger partial charge in [0.15, 0.2) is 0 Å². The maximum atomic E-state index is 13.3. The Kier molecular flexibility index (Phi) is 3.57. The summed E-state index contributed by atoms with van der Waals surface area (Å²) in [4.78, 5) is 11.7. The number of halogens is 2. The zero-order valence-corrected chi connectivity index (χ0v) is 12.3. The number of nitrogens with zero attached hydrogens (tertiary/aromatic N) is 1. The van der Waals surface area contributed by atoms with Crippen molar-refractivity contribution in [2.24, 2.45) is 0 Å². The summed E-state index contributed by atoms with van der Waals surface area (Å²) in [5, 5.41) is 17.8. The van der Waals surface area contributed by atoms with Crippen molar-refractivity contribution in [3.8, 4) is 0 Å². The number of H-pyrrole nitrogens is 1. The topological polar surface area (TPSA) is 66.0 Å². The third-order valence-corrected chi connectivity index (χ3v) is 3.85. The van der Waals surface area contributed by atoms with Crippen molar-refractivity contribution in [2.75, 3.05) is 0 Å². The van der Waals surface area contributed by atoms with Gasteiger partial charge in [-0.1, -0.05) is 24.3 Å². The van der Waals surface area contributed by atoms with E-state index < -0.39 is 11.9 Å². The highest BCUT2D eigenvalue weighted by molar-refractivity contribution is 9.10. The Bertz CT molecular complexity index is 879. The minimum absolute atomic E-state index is 0.257. The number of aromatic amines is 1. The van der Waals surface area contributed by atoms with Crippen LogP contribution in [-0.4, -0.2) is 15.3 Å². The lowest BCUT2D eigenvalue weighted by Crippen LogP contribution is -2.14. The van der Waals surface area contributed by atoms with Gasteiger partial charge in [0, 0.05) is 5.39 Å². The smallest absolute Gasteiger partial charge is 0.272 e. The molecular weight excluding hydrogens is 339 g/mol. The molecule has 0 saturated heterocycles. The molecule has 21 heavy (non-hydrogen) atoms. The van der Waals surface area contributed by atoms with E-state index in [0.717, 1.165) is 0 Å². The summed E-state index contributed by atoms with van der Waals surface area (Å²) in [6.07, 6.45) is -1.07. The molecule has 6 heteroatoms. The Morgan fingerprint density at radius 1 is 1.19 bits per heavy atom. The molecule has 0 spiro atoms. The van der Waals surface area contributed by atoms with Crippen molar-refractivity contribution >= 4 is 26.7 Å². The maximum absolute atomic E-state index is 13.3. The van der Waals surface area contributed by atoms with Crippen molar-refractivity contribution in [1.29, 1.82) is 0 Å². The summed E-state index contributed by atoms with van der Waals surface area (Å²) in [6, 6.07) is 11.1. The SMILES string of the molecule is O=c1[nH]nc(C(O)c2ccc(F)c(Br)c2)c2ccccc12. The lowest BCUT2D eigenvalue weighted by molar-refractivity contribution is 0.215. The number of aliphatic hydroxyl groups excluding tert-OH is 1. The Hall–Kier alpha value is -2.05. The molecule has 1 aromatic heterocycles. The summed E-state index contributed by atoms with van der Waals surface area (Å²) < 4.78 is 13.5.